The van der Waals surface area contributed by atoms with Gasteiger partial charge in [0, 0.05) is 12.1 Å². The Morgan fingerprint density at radius 1 is 1.16 bits per heavy atom. The maximum Gasteiger partial charge on any atom is 0.271 e. The van der Waals surface area contributed by atoms with Gasteiger partial charge in [0.1, 0.15) is 17.4 Å². The molecular formula is C20H22N2O3. The second-order valence-corrected chi connectivity index (χ2v) is 5.79. The van der Waals surface area contributed by atoms with Crippen molar-refractivity contribution in [2.75, 3.05) is 13.2 Å². The zero-order valence-electron chi connectivity index (χ0n) is 14.8. The Bertz CT molecular complexity index is 767. The zero-order chi connectivity index (χ0) is 18.4. The van der Waals surface area contributed by atoms with E-state index in [1.807, 2.05) is 44.2 Å². The Hall–Kier alpha value is -2.87. The average Bonchev–Trinajstić information content (AvgIpc) is 2.61. The van der Waals surface area contributed by atoms with Crippen LogP contribution in [0.4, 0.5) is 0 Å². The fraction of sp³-hybridized carbons (Fsp3) is 0.350. The highest BCUT2D eigenvalue weighted by Gasteiger charge is 2.34. The molecule has 0 spiro atoms. The predicted octanol–water partition coefficient (Wildman–Crippen LogP) is 3.48. The van der Waals surface area contributed by atoms with Crippen LogP contribution in [-0.4, -0.2) is 29.9 Å². The molecule has 130 valence electrons. The van der Waals surface area contributed by atoms with Gasteiger partial charge in [-0.25, -0.2) is 0 Å². The number of rotatable bonds is 6. The number of carbonyl (C=O) groups excluding carboxylic acids is 2. The van der Waals surface area contributed by atoms with E-state index in [4.69, 9.17) is 4.74 Å². The van der Waals surface area contributed by atoms with E-state index in [1.165, 1.54) is 4.90 Å². The smallest absolute Gasteiger partial charge is 0.271 e. The van der Waals surface area contributed by atoms with Gasteiger partial charge < -0.3 is 4.74 Å². The molecule has 0 saturated heterocycles. The Balaban J connectivity index is 2.42. The quantitative estimate of drug-likeness (QED) is 0.588. The Labute approximate surface area is 148 Å². The number of benzene rings is 1. The highest BCUT2D eigenvalue weighted by molar-refractivity contribution is 6.19. The van der Waals surface area contributed by atoms with Crippen molar-refractivity contribution in [3.05, 3.63) is 46.5 Å². The lowest BCUT2D eigenvalue weighted by Crippen LogP contribution is -2.43. The van der Waals surface area contributed by atoms with E-state index in [2.05, 4.69) is 0 Å². The van der Waals surface area contributed by atoms with Crippen LogP contribution in [0.5, 0.6) is 5.75 Å². The molecule has 0 aliphatic carbocycles. The lowest BCUT2D eigenvalue weighted by Gasteiger charge is -2.27. The Morgan fingerprint density at radius 2 is 1.84 bits per heavy atom. The molecule has 0 atom stereocenters. The van der Waals surface area contributed by atoms with Gasteiger partial charge in [0.15, 0.2) is 0 Å². The molecule has 1 heterocycles. The molecule has 25 heavy (non-hydrogen) atoms. The molecule has 0 aromatic heterocycles. The van der Waals surface area contributed by atoms with Gasteiger partial charge in [-0.05, 0) is 49.6 Å². The van der Waals surface area contributed by atoms with Crippen LogP contribution in [-0.2, 0) is 9.59 Å². The Morgan fingerprint density at radius 3 is 2.40 bits per heavy atom. The molecule has 1 aliphatic heterocycles. The SMILES string of the molecule is CCCCN1C(=O)C(C#N)=C(C)/C(=C\c2ccc(OCC)cc2)C1=O. The molecule has 0 saturated carbocycles. The number of unbranched alkanes of at least 4 members (excludes halogenated alkanes) is 1. The van der Waals surface area contributed by atoms with Crippen LogP contribution in [0.25, 0.3) is 6.08 Å². The van der Waals surface area contributed by atoms with Crippen molar-refractivity contribution in [2.45, 2.75) is 33.6 Å². The molecule has 5 nitrogen and oxygen atoms in total. The second kappa shape index (κ2) is 8.29. The van der Waals surface area contributed by atoms with Crippen molar-refractivity contribution in [1.82, 2.24) is 4.90 Å². The van der Waals surface area contributed by atoms with Gasteiger partial charge in [-0.3, -0.25) is 14.5 Å². The monoisotopic (exact) mass is 338 g/mol. The van der Waals surface area contributed by atoms with Gasteiger partial charge in [-0.1, -0.05) is 25.5 Å². The first-order valence-electron chi connectivity index (χ1n) is 8.45. The van der Waals surface area contributed by atoms with Crippen molar-refractivity contribution in [3.8, 4) is 11.8 Å². The molecule has 0 unspecified atom stereocenters. The summed E-state index contributed by atoms with van der Waals surface area (Å²) in [4.78, 5) is 26.3. The summed E-state index contributed by atoms with van der Waals surface area (Å²) < 4.78 is 5.41. The molecule has 0 N–H and O–H groups in total. The standard InChI is InChI=1S/C20H22N2O3/c1-4-6-11-22-19(23)17(14(3)18(13-21)20(22)24)12-15-7-9-16(10-8-15)25-5-2/h7-10,12H,4-6,11H2,1-3H3/b17-12+. The molecule has 2 rings (SSSR count). The van der Waals surface area contributed by atoms with Gasteiger partial charge in [-0.2, -0.15) is 5.26 Å². The van der Waals surface area contributed by atoms with E-state index in [0.717, 1.165) is 17.7 Å². The van der Waals surface area contributed by atoms with Gasteiger partial charge in [0.25, 0.3) is 11.8 Å². The maximum atomic E-state index is 12.8. The summed E-state index contributed by atoms with van der Waals surface area (Å²) >= 11 is 0. The van der Waals surface area contributed by atoms with Crippen LogP contribution in [0.1, 0.15) is 39.2 Å². The first-order valence-corrected chi connectivity index (χ1v) is 8.45. The number of hydrogen-bond donors (Lipinski definition) is 0. The van der Waals surface area contributed by atoms with Crippen LogP contribution in [0.3, 0.4) is 0 Å². The zero-order valence-corrected chi connectivity index (χ0v) is 14.8. The largest absolute Gasteiger partial charge is 0.494 e. The third-order valence-corrected chi connectivity index (χ3v) is 4.06. The van der Waals surface area contributed by atoms with Crippen molar-refractivity contribution in [1.29, 1.82) is 5.26 Å². The average molecular weight is 338 g/mol. The van der Waals surface area contributed by atoms with Crippen molar-refractivity contribution >= 4 is 17.9 Å². The van der Waals surface area contributed by atoms with Crippen molar-refractivity contribution in [3.63, 3.8) is 0 Å². The predicted molar refractivity (Wildman–Crippen MR) is 95.5 cm³/mol. The molecule has 1 aromatic carbocycles. The fourth-order valence-corrected chi connectivity index (χ4v) is 2.64. The Kier molecular flexibility index (Phi) is 6.13. The summed E-state index contributed by atoms with van der Waals surface area (Å²) in [5, 5.41) is 9.33. The molecule has 5 heteroatoms. The van der Waals surface area contributed by atoms with E-state index >= 15 is 0 Å². The third kappa shape index (κ3) is 3.97. The summed E-state index contributed by atoms with van der Waals surface area (Å²) in [6.07, 6.45) is 3.29. The number of carbonyl (C=O) groups is 2. The van der Waals surface area contributed by atoms with Crippen LogP contribution in [0.15, 0.2) is 41.0 Å². The minimum Gasteiger partial charge on any atom is -0.494 e. The summed E-state index contributed by atoms with van der Waals surface area (Å²) in [5.41, 5.74) is 1.66. The summed E-state index contributed by atoms with van der Waals surface area (Å²) in [6.45, 7) is 6.46. The molecular weight excluding hydrogens is 316 g/mol. The minimum absolute atomic E-state index is 0.0351. The molecule has 0 bridgehead atoms. The lowest BCUT2D eigenvalue weighted by molar-refractivity contribution is -0.140. The first-order chi connectivity index (χ1) is 12.0. The van der Waals surface area contributed by atoms with Gasteiger partial charge in [0.2, 0.25) is 0 Å². The number of ether oxygens (including phenoxy) is 1. The van der Waals surface area contributed by atoms with E-state index in [9.17, 15) is 14.9 Å². The van der Waals surface area contributed by atoms with E-state index in [-0.39, 0.29) is 11.5 Å². The van der Waals surface area contributed by atoms with E-state index in [0.29, 0.717) is 30.7 Å². The minimum atomic E-state index is -0.498. The number of imide groups is 1. The molecule has 1 aromatic rings. The van der Waals surface area contributed by atoms with Gasteiger partial charge >= 0.3 is 0 Å². The number of hydrogen-bond acceptors (Lipinski definition) is 4. The van der Waals surface area contributed by atoms with Crippen LogP contribution in [0, 0.1) is 11.3 Å². The summed E-state index contributed by atoms with van der Waals surface area (Å²) in [5.74, 6) is -0.0875. The first kappa shape index (κ1) is 18.5. The molecule has 1 aliphatic rings. The second-order valence-electron chi connectivity index (χ2n) is 5.79. The highest BCUT2D eigenvalue weighted by atomic mass is 16.5. The van der Waals surface area contributed by atoms with E-state index < -0.39 is 5.91 Å². The van der Waals surface area contributed by atoms with Crippen molar-refractivity contribution in [2.24, 2.45) is 0 Å². The van der Waals surface area contributed by atoms with Gasteiger partial charge in [-0.15, -0.1) is 0 Å². The molecule has 0 fully saturated rings. The lowest BCUT2D eigenvalue weighted by atomic mass is 9.93. The van der Waals surface area contributed by atoms with Gasteiger partial charge in [0.05, 0.1) is 6.61 Å². The summed E-state index contributed by atoms with van der Waals surface area (Å²) in [6, 6.07) is 9.29. The van der Waals surface area contributed by atoms with E-state index in [1.54, 1.807) is 13.0 Å². The van der Waals surface area contributed by atoms with Crippen LogP contribution < -0.4 is 4.74 Å². The number of nitrogens with zero attached hydrogens (tertiary/aromatic N) is 2. The fourth-order valence-electron chi connectivity index (χ4n) is 2.64. The third-order valence-electron chi connectivity index (χ3n) is 4.06. The van der Waals surface area contributed by atoms with Crippen LogP contribution >= 0.6 is 0 Å². The maximum absolute atomic E-state index is 12.8. The summed E-state index contributed by atoms with van der Waals surface area (Å²) in [7, 11) is 0. The topological polar surface area (TPSA) is 70.4 Å². The molecule has 2 amide bonds. The number of nitriles is 1. The normalized spacial score (nSPS) is 16.4. The highest BCUT2D eigenvalue weighted by Crippen LogP contribution is 2.27. The van der Waals surface area contributed by atoms with Crippen LogP contribution in [0.2, 0.25) is 0 Å². The number of amides is 2. The molecule has 0 radical (unpaired) electrons. The van der Waals surface area contributed by atoms with Crippen molar-refractivity contribution < 1.29 is 14.3 Å².